The van der Waals surface area contributed by atoms with Crippen LogP contribution in [0.3, 0.4) is 0 Å². The minimum absolute atomic E-state index is 0.193. The topological polar surface area (TPSA) is 92.8 Å². The highest BCUT2D eigenvalue weighted by molar-refractivity contribution is 5.73. The van der Waals surface area contributed by atoms with Gasteiger partial charge in [-0.25, -0.2) is 0 Å². The lowest BCUT2D eigenvalue weighted by atomic mass is 10.1. The van der Waals surface area contributed by atoms with Crippen molar-refractivity contribution in [2.24, 2.45) is 10.9 Å². The third-order valence-electron chi connectivity index (χ3n) is 1.79. The Balaban J connectivity index is 2.76. The first-order valence-electron chi connectivity index (χ1n) is 4.04. The number of nitrogens with zero attached hydrogens (tertiary/aromatic N) is 1. The molecule has 74 valence electrons. The van der Waals surface area contributed by atoms with Gasteiger partial charge in [0.25, 0.3) is 0 Å². The monoisotopic (exact) mass is 194 g/mol. The van der Waals surface area contributed by atoms with E-state index in [-0.39, 0.29) is 12.1 Å². The van der Waals surface area contributed by atoms with Gasteiger partial charge >= 0.3 is 5.97 Å². The molecule has 0 amide bonds. The van der Waals surface area contributed by atoms with E-state index in [2.05, 4.69) is 5.18 Å². The summed E-state index contributed by atoms with van der Waals surface area (Å²) < 4.78 is 0. The highest BCUT2D eigenvalue weighted by atomic mass is 16.4. The van der Waals surface area contributed by atoms with Crippen LogP contribution < -0.4 is 5.73 Å². The maximum atomic E-state index is 10.4. The second-order valence-corrected chi connectivity index (χ2v) is 2.91. The first-order chi connectivity index (χ1) is 6.63. The molecule has 0 aliphatic rings. The molecule has 0 aliphatic carbocycles. The Morgan fingerprint density at radius 1 is 1.57 bits per heavy atom. The van der Waals surface area contributed by atoms with Crippen LogP contribution in [-0.4, -0.2) is 17.1 Å². The number of nitroso groups, excluding NO2 is 1. The molecule has 0 fully saturated rings. The molecule has 0 radical (unpaired) electrons. The Labute approximate surface area is 80.5 Å². The van der Waals surface area contributed by atoms with Crippen molar-refractivity contribution < 1.29 is 9.90 Å². The number of carbonyl (C=O) groups is 1. The number of benzene rings is 1. The standard InChI is InChI=1S/C9H10N2O3/c10-8(9(12)13)5-6-2-1-3-7(4-6)11-14/h1-4,8H,5,10H2,(H,12,13)/t8-/m0/s1. The van der Waals surface area contributed by atoms with Crippen LogP contribution >= 0.6 is 0 Å². The van der Waals surface area contributed by atoms with Gasteiger partial charge in [0.2, 0.25) is 0 Å². The first kappa shape index (κ1) is 10.3. The van der Waals surface area contributed by atoms with Gasteiger partial charge in [0.05, 0.1) is 0 Å². The van der Waals surface area contributed by atoms with Gasteiger partial charge < -0.3 is 10.8 Å². The smallest absolute Gasteiger partial charge is 0.320 e. The predicted molar refractivity (Wildman–Crippen MR) is 51.2 cm³/mol. The number of carboxylic acid groups (broad SMARTS) is 1. The van der Waals surface area contributed by atoms with E-state index in [1.807, 2.05) is 0 Å². The van der Waals surface area contributed by atoms with Gasteiger partial charge in [0.1, 0.15) is 11.7 Å². The maximum Gasteiger partial charge on any atom is 0.320 e. The van der Waals surface area contributed by atoms with Crippen molar-refractivity contribution in [3.05, 3.63) is 34.7 Å². The van der Waals surface area contributed by atoms with E-state index < -0.39 is 12.0 Å². The van der Waals surface area contributed by atoms with Crippen molar-refractivity contribution in [2.75, 3.05) is 0 Å². The summed E-state index contributed by atoms with van der Waals surface area (Å²) in [6.07, 6.45) is 0.193. The second kappa shape index (κ2) is 4.48. The molecule has 3 N–H and O–H groups in total. The summed E-state index contributed by atoms with van der Waals surface area (Å²) in [5, 5.41) is 11.3. The fraction of sp³-hybridized carbons (Fsp3) is 0.222. The number of carboxylic acids is 1. The Kier molecular flexibility index (Phi) is 3.30. The second-order valence-electron chi connectivity index (χ2n) is 2.91. The van der Waals surface area contributed by atoms with Gasteiger partial charge in [-0.3, -0.25) is 4.79 Å². The lowest BCUT2D eigenvalue weighted by Gasteiger charge is -2.05. The van der Waals surface area contributed by atoms with Crippen molar-refractivity contribution in [1.82, 2.24) is 0 Å². The normalized spacial score (nSPS) is 12.1. The van der Waals surface area contributed by atoms with E-state index in [0.29, 0.717) is 5.56 Å². The van der Waals surface area contributed by atoms with Gasteiger partial charge in [-0.2, -0.15) is 0 Å². The SMILES string of the molecule is N[C@@H](Cc1cccc(N=O)c1)C(=O)O. The Hall–Kier alpha value is -1.75. The number of hydrogen-bond donors (Lipinski definition) is 2. The molecule has 1 aromatic rings. The molecule has 5 heteroatoms. The summed E-state index contributed by atoms with van der Waals surface area (Å²) in [6.45, 7) is 0. The zero-order valence-corrected chi connectivity index (χ0v) is 7.38. The van der Waals surface area contributed by atoms with E-state index in [0.717, 1.165) is 0 Å². The summed E-state index contributed by atoms with van der Waals surface area (Å²) in [5.41, 5.74) is 6.30. The van der Waals surface area contributed by atoms with Crippen LogP contribution in [0.1, 0.15) is 5.56 Å². The van der Waals surface area contributed by atoms with Crippen molar-refractivity contribution in [3.8, 4) is 0 Å². The summed E-state index contributed by atoms with van der Waals surface area (Å²) >= 11 is 0. The van der Waals surface area contributed by atoms with E-state index in [4.69, 9.17) is 10.8 Å². The predicted octanol–water partition coefficient (Wildman–Crippen LogP) is 1.04. The Morgan fingerprint density at radius 3 is 2.86 bits per heavy atom. The summed E-state index contributed by atoms with van der Waals surface area (Å²) in [4.78, 5) is 20.6. The van der Waals surface area contributed by atoms with Crippen molar-refractivity contribution in [1.29, 1.82) is 0 Å². The van der Waals surface area contributed by atoms with E-state index in [9.17, 15) is 9.70 Å². The lowest BCUT2D eigenvalue weighted by molar-refractivity contribution is -0.138. The molecule has 0 saturated carbocycles. The van der Waals surface area contributed by atoms with Gasteiger partial charge in [-0.05, 0) is 29.3 Å². The number of aliphatic carboxylic acids is 1. The van der Waals surface area contributed by atoms with Crippen LogP contribution in [0.5, 0.6) is 0 Å². The minimum atomic E-state index is -1.06. The van der Waals surface area contributed by atoms with Crippen LogP contribution in [0.25, 0.3) is 0 Å². The fourth-order valence-electron chi connectivity index (χ4n) is 1.08. The molecule has 0 aliphatic heterocycles. The van der Waals surface area contributed by atoms with Crippen LogP contribution in [0, 0.1) is 4.91 Å². The molecule has 0 heterocycles. The number of rotatable bonds is 4. The number of hydrogen-bond acceptors (Lipinski definition) is 4. The Morgan fingerprint density at radius 2 is 2.29 bits per heavy atom. The highest BCUT2D eigenvalue weighted by Crippen LogP contribution is 2.14. The largest absolute Gasteiger partial charge is 0.480 e. The minimum Gasteiger partial charge on any atom is -0.480 e. The molecular weight excluding hydrogens is 184 g/mol. The molecule has 0 bridgehead atoms. The molecule has 14 heavy (non-hydrogen) atoms. The molecule has 0 aromatic heterocycles. The van der Waals surface area contributed by atoms with Gasteiger partial charge in [-0.1, -0.05) is 12.1 Å². The van der Waals surface area contributed by atoms with Crippen molar-refractivity contribution in [2.45, 2.75) is 12.5 Å². The molecule has 0 saturated heterocycles. The van der Waals surface area contributed by atoms with Crippen LogP contribution in [0.4, 0.5) is 5.69 Å². The quantitative estimate of drug-likeness (QED) is 0.700. The van der Waals surface area contributed by atoms with E-state index >= 15 is 0 Å². The average molecular weight is 194 g/mol. The fourth-order valence-corrected chi connectivity index (χ4v) is 1.08. The molecular formula is C9H10N2O3. The van der Waals surface area contributed by atoms with Crippen molar-refractivity contribution in [3.63, 3.8) is 0 Å². The molecule has 5 nitrogen and oxygen atoms in total. The average Bonchev–Trinajstić information content (AvgIpc) is 2.18. The van der Waals surface area contributed by atoms with Crippen LogP contribution in [0.15, 0.2) is 29.4 Å². The third-order valence-corrected chi connectivity index (χ3v) is 1.79. The highest BCUT2D eigenvalue weighted by Gasteiger charge is 2.11. The zero-order chi connectivity index (χ0) is 10.6. The summed E-state index contributed by atoms with van der Waals surface area (Å²) in [6, 6.07) is 5.47. The van der Waals surface area contributed by atoms with Gasteiger partial charge in [0.15, 0.2) is 0 Å². The van der Waals surface area contributed by atoms with E-state index in [1.54, 1.807) is 18.2 Å². The van der Waals surface area contributed by atoms with Crippen LogP contribution in [-0.2, 0) is 11.2 Å². The van der Waals surface area contributed by atoms with Crippen molar-refractivity contribution >= 4 is 11.7 Å². The number of nitrogens with two attached hydrogens (primary N) is 1. The zero-order valence-electron chi connectivity index (χ0n) is 7.38. The Bertz CT molecular complexity index is 352. The third kappa shape index (κ3) is 2.63. The molecule has 1 aromatic carbocycles. The first-order valence-corrected chi connectivity index (χ1v) is 4.04. The molecule has 1 rings (SSSR count). The molecule has 0 unspecified atom stereocenters. The molecule has 1 atom stereocenters. The lowest BCUT2D eigenvalue weighted by Crippen LogP contribution is -2.32. The molecule has 0 spiro atoms. The van der Waals surface area contributed by atoms with Gasteiger partial charge in [-0.15, -0.1) is 4.91 Å². The van der Waals surface area contributed by atoms with Crippen LogP contribution in [0.2, 0.25) is 0 Å². The summed E-state index contributed by atoms with van der Waals surface area (Å²) in [7, 11) is 0. The summed E-state index contributed by atoms with van der Waals surface area (Å²) in [5.74, 6) is -1.06. The van der Waals surface area contributed by atoms with Gasteiger partial charge in [0, 0.05) is 0 Å². The van der Waals surface area contributed by atoms with E-state index in [1.165, 1.54) is 6.07 Å². The maximum absolute atomic E-state index is 10.4.